The lowest BCUT2D eigenvalue weighted by Gasteiger charge is -2.21. The van der Waals surface area contributed by atoms with Gasteiger partial charge < -0.3 is 10.1 Å². The number of carbonyl (C=O) groups excluding carboxylic acids is 1. The molecule has 0 fully saturated rings. The molecule has 0 heterocycles. The van der Waals surface area contributed by atoms with Crippen LogP contribution in [0.1, 0.15) is 12.5 Å². The minimum atomic E-state index is -1.28. The van der Waals surface area contributed by atoms with E-state index < -0.39 is 11.3 Å². The van der Waals surface area contributed by atoms with E-state index in [9.17, 15) is 10.1 Å². The minimum Gasteiger partial charge on any atom is -0.495 e. The summed E-state index contributed by atoms with van der Waals surface area (Å²) in [5.74, 6) is 0.105. The third-order valence-corrected chi connectivity index (χ3v) is 3.73. The lowest BCUT2D eigenvalue weighted by molar-refractivity contribution is -0.119. The van der Waals surface area contributed by atoms with Crippen molar-refractivity contribution in [2.24, 2.45) is 0 Å². The molecule has 112 valence electrons. The fourth-order valence-corrected chi connectivity index (χ4v) is 2.28. The molecule has 1 amide bonds. The van der Waals surface area contributed by atoms with Crippen LogP contribution in [-0.4, -0.2) is 13.0 Å². The Hall–Kier alpha value is -2.51. The number of ether oxygens (including phenoxy) is 1. The number of hydrogen-bond acceptors (Lipinski definition) is 3. The highest BCUT2D eigenvalue weighted by atomic mass is 35.5. The molecular weight excluding hydrogens is 300 g/mol. The van der Waals surface area contributed by atoms with E-state index in [0.29, 0.717) is 22.0 Å². The van der Waals surface area contributed by atoms with Crippen molar-refractivity contribution in [1.29, 1.82) is 5.26 Å². The zero-order valence-corrected chi connectivity index (χ0v) is 13.0. The van der Waals surface area contributed by atoms with Crippen LogP contribution >= 0.6 is 11.6 Å². The first-order valence-corrected chi connectivity index (χ1v) is 7.01. The summed E-state index contributed by atoms with van der Waals surface area (Å²) in [6.45, 7) is 1.59. The number of methoxy groups -OCH3 is 1. The number of halogens is 1. The highest BCUT2D eigenvalue weighted by Gasteiger charge is 2.35. The Balaban J connectivity index is 2.27. The first-order valence-electron chi connectivity index (χ1n) is 6.63. The van der Waals surface area contributed by atoms with E-state index in [0.717, 1.165) is 0 Å². The summed E-state index contributed by atoms with van der Waals surface area (Å²) in [5.41, 5.74) is -0.143. The van der Waals surface area contributed by atoms with Gasteiger partial charge in [-0.25, -0.2) is 0 Å². The summed E-state index contributed by atoms with van der Waals surface area (Å²) in [4.78, 5) is 12.5. The molecule has 0 aliphatic rings. The predicted octanol–water partition coefficient (Wildman–Crippen LogP) is 3.77. The monoisotopic (exact) mass is 314 g/mol. The molecular formula is C17H15ClN2O2. The molecule has 0 spiro atoms. The Morgan fingerprint density at radius 3 is 2.50 bits per heavy atom. The molecule has 4 nitrogen and oxygen atoms in total. The summed E-state index contributed by atoms with van der Waals surface area (Å²) in [6, 6.07) is 15.9. The quantitative estimate of drug-likeness (QED) is 0.934. The largest absolute Gasteiger partial charge is 0.495 e. The van der Waals surface area contributed by atoms with Crippen molar-refractivity contribution in [3.8, 4) is 11.8 Å². The molecule has 0 aliphatic carbocycles. The van der Waals surface area contributed by atoms with Crippen LogP contribution in [0.4, 0.5) is 5.69 Å². The Labute approximate surface area is 134 Å². The van der Waals surface area contributed by atoms with Crippen molar-refractivity contribution >= 4 is 23.2 Å². The van der Waals surface area contributed by atoms with Crippen LogP contribution in [0, 0.1) is 11.3 Å². The number of benzene rings is 2. The molecule has 2 aromatic carbocycles. The molecule has 0 aromatic heterocycles. The Bertz CT molecular complexity index is 725. The number of rotatable bonds is 4. The third-order valence-electron chi connectivity index (χ3n) is 3.44. The van der Waals surface area contributed by atoms with Gasteiger partial charge in [0, 0.05) is 5.69 Å². The first kappa shape index (κ1) is 15.9. The second kappa shape index (κ2) is 6.50. The van der Waals surface area contributed by atoms with Gasteiger partial charge in [-0.05, 0) is 30.7 Å². The number of hydrogen-bond donors (Lipinski definition) is 1. The number of amides is 1. The molecule has 2 aromatic rings. The summed E-state index contributed by atoms with van der Waals surface area (Å²) in [7, 11) is 1.52. The Morgan fingerprint density at radius 1 is 1.27 bits per heavy atom. The molecule has 0 aliphatic heterocycles. The smallest absolute Gasteiger partial charge is 0.249 e. The summed E-state index contributed by atoms with van der Waals surface area (Å²) in [5, 5.41) is 12.6. The van der Waals surface area contributed by atoms with Crippen molar-refractivity contribution in [3.63, 3.8) is 0 Å². The van der Waals surface area contributed by atoms with Gasteiger partial charge >= 0.3 is 0 Å². The van der Waals surface area contributed by atoms with Gasteiger partial charge in [-0.1, -0.05) is 41.9 Å². The van der Waals surface area contributed by atoms with Gasteiger partial charge in [-0.2, -0.15) is 5.26 Å². The van der Waals surface area contributed by atoms with Gasteiger partial charge in [0.1, 0.15) is 5.75 Å². The standard InChI is InChI=1S/C17H15ClN2O2/c1-17(11-19,12-6-4-3-5-7-12)16(21)20-13-8-9-15(22-2)14(18)10-13/h3-10H,1-2H3,(H,20,21)/t17-/m0/s1. The highest BCUT2D eigenvalue weighted by Crippen LogP contribution is 2.29. The van der Waals surface area contributed by atoms with Crippen LogP contribution < -0.4 is 10.1 Å². The predicted molar refractivity (Wildman–Crippen MR) is 86.0 cm³/mol. The van der Waals surface area contributed by atoms with Gasteiger partial charge in [0.15, 0.2) is 5.41 Å². The summed E-state index contributed by atoms with van der Waals surface area (Å²) >= 11 is 6.04. The zero-order chi connectivity index (χ0) is 16.2. The SMILES string of the molecule is COc1ccc(NC(=O)[C@@](C)(C#N)c2ccccc2)cc1Cl. The molecule has 0 saturated carbocycles. The van der Waals surface area contributed by atoms with E-state index in [4.69, 9.17) is 16.3 Å². The van der Waals surface area contributed by atoms with E-state index in [1.165, 1.54) is 7.11 Å². The normalized spacial score (nSPS) is 12.8. The van der Waals surface area contributed by atoms with Crippen LogP contribution in [0.15, 0.2) is 48.5 Å². The fraction of sp³-hybridized carbons (Fsp3) is 0.176. The van der Waals surface area contributed by atoms with Crippen LogP contribution in [0.5, 0.6) is 5.75 Å². The van der Waals surface area contributed by atoms with E-state index in [2.05, 4.69) is 11.4 Å². The fourth-order valence-electron chi connectivity index (χ4n) is 2.02. The van der Waals surface area contributed by atoms with Gasteiger partial charge in [0.05, 0.1) is 18.2 Å². The average Bonchev–Trinajstić information content (AvgIpc) is 2.55. The molecule has 1 atom stereocenters. The molecule has 5 heteroatoms. The average molecular weight is 315 g/mol. The number of nitrogens with zero attached hydrogens (tertiary/aromatic N) is 1. The minimum absolute atomic E-state index is 0.388. The van der Waals surface area contributed by atoms with E-state index in [1.807, 2.05) is 6.07 Å². The maximum absolute atomic E-state index is 12.5. The summed E-state index contributed by atoms with van der Waals surface area (Å²) in [6.07, 6.45) is 0. The van der Waals surface area contributed by atoms with Crippen LogP contribution in [0.25, 0.3) is 0 Å². The van der Waals surface area contributed by atoms with Crippen LogP contribution in [0.2, 0.25) is 5.02 Å². The third kappa shape index (κ3) is 3.05. The van der Waals surface area contributed by atoms with E-state index in [1.54, 1.807) is 49.4 Å². The number of carbonyl (C=O) groups is 1. The molecule has 22 heavy (non-hydrogen) atoms. The number of nitrogens with one attached hydrogen (secondary N) is 1. The maximum atomic E-state index is 12.5. The zero-order valence-electron chi connectivity index (χ0n) is 12.3. The maximum Gasteiger partial charge on any atom is 0.249 e. The van der Waals surface area contributed by atoms with Gasteiger partial charge in [0.2, 0.25) is 5.91 Å². The number of anilines is 1. The van der Waals surface area contributed by atoms with Crippen LogP contribution in [-0.2, 0) is 10.2 Å². The molecule has 2 rings (SSSR count). The molecule has 1 N–H and O–H groups in total. The van der Waals surface area contributed by atoms with Crippen molar-refractivity contribution in [1.82, 2.24) is 0 Å². The van der Waals surface area contributed by atoms with Gasteiger partial charge in [0.25, 0.3) is 0 Å². The Kier molecular flexibility index (Phi) is 4.69. The molecule has 0 radical (unpaired) electrons. The highest BCUT2D eigenvalue weighted by molar-refractivity contribution is 6.32. The van der Waals surface area contributed by atoms with Crippen molar-refractivity contribution in [3.05, 3.63) is 59.1 Å². The van der Waals surface area contributed by atoms with Gasteiger partial charge in [-0.3, -0.25) is 4.79 Å². The lowest BCUT2D eigenvalue weighted by Crippen LogP contribution is -2.36. The molecule has 0 saturated heterocycles. The number of nitriles is 1. The van der Waals surface area contributed by atoms with E-state index >= 15 is 0 Å². The summed E-state index contributed by atoms with van der Waals surface area (Å²) < 4.78 is 5.07. The molecule has 0 bridgehead atoms. The van der Waals surface area contributed by atoms with Gasteiger partial charge in [-0.15, -0.1) is 0 Å². The topological polar surface area (TPSA) is 62.1 Å². The second-order valence-electron chi connectivity index (χ2n) is 4.91. The van der Waals surface area contributed by atoms with Crippen molar-refractivity contribution in [2.75, 3.05) is 12.4 Å². The first-order chi connectivity index (χ1) is 10.5. The van der Waals surface area contributed by atoms with Crippen molar-refractivity contribution < 1.29 is 9.53 Å². The van der Waals surface area contributed by atoms with Crippen LogP contribution in [0.3, 0.4) is 0 Å². The molecule has 0 unspecified atom stereocenters. The van der Waals surface area contributed by atoms with Crippen molar-refractivity contribution in [2.45, 2.75) is 12.3 Å². The second-order valence-corrected chi connectivity index (χ2v) is 5.31. The lowest BCUT2D eigenvalue weighted by atomic mass is 9.83. The Morgan fingerprint density at radius 2 is 1.95 bits per heavy atom. The van der Waals surface area contributed by atoms with E-state index in [-0.39, 0.29) is 0 Å².